The van der Waals surface area contributed by atoms with Gasteiger partial charge in [-0.25, -0.2) is 8.42 Å². The minimum absolute atomic E-state index is 0.00221. The zero-order valence-corrected chi connectivity index (χ0v) is 21.6. The van der Waals surface area contributed by atoms with Crippen molar-refractivity contribution in [3.05, 3.63) is 23.8 Å². The molecule has 0 unspecified atom stereocenters. The van der Waals surface area contributed by atoms with Crippen LogP contribution in [0.15, 0.2) is 18.2 Å². The number of carbonyl (C=O) groups excluding carboxylic acids is 2. The van der Waals surface area contributed by atoms with Crippen molar-refractivity contribution in [2.45, 2.75) is 51.7 Å². The summed E-state index contributed by atoms with van der Waals surface area (Å²) in [5.74, 6) is -0.0956. The van der Waals surface area contributed by atoms with Gasteiger partial charge in [0.2, 0.25) is 15.9 Å². The summed E-state index contributed by atoms with van der Waals surface area (Å²) in [5, 5.41) is 2.94. The summed E-state index contributed by atoms with van der Waals surface area (Å²) in [6.45, 7) is 4.30. The molecule has 1 aliphatic carbocycles. The molecule has 190 valence electrons. The number of sulfonamides is 1. The first-order chi connectivity index (χ1) is 16.0. The van der Waals surface area contributed by atoms with Gasteiger partial charge in [-0.1, -0.05) is 19.8 Å². The Bertz CT molecular complexity index is 992. The molecule has 9 nitrogen and oxygen atoms in total. The van der Waals surface area contributed by atoms with Crippen LogP contribution in [0.25, 0.3) is 0 Å². The van der Waals surface area contributed by atoms with Gasteiger partial charge in [-0.15, -0.1) is 0 Å². The monoisotopic (exact) mass is 495 g/mol. The van der Waals surface area contributed by atoms with Gasteiger partial charge in [-0.3, -0.25) is 9.59 Å². The molecule has 3 atom stereocenters. The lowest BCUT2D eigenvalue weighted by molar-refractivity contribution is -0.119. The van der Waals surface area contributed by atoms with Gasteiger partial charge in [-0.05, 0) is 43.9 Å². The average Bonchev–Trinajstić information content (AvgIpc) is 3.32. The van der Waals surface area contributed by atoms with Crippen LogP contribution in [0.2, 0.25) is 0 Å². The molecule has 1 heterocycles. The lowest BCUT2D eigenvalue weighted by Gasteiger charge is -2.34. The molecule has 0 saturated heterocycles. The Morgan fingerprint density at radius 1 is 1.18 bits per heavy atom. The number of ether oxygens (including phenoxy) is 2. The Labute approximate surface area is 202 Å². The second kappa shape index (κ2) is 11.0. The molecule has 34 heavy (non-hydrogen) atoms. The van der Waals surface area contributed by atoms with E-state index in [1.165, 1.54) is 10.6 Å². The number of benzene rings is 1. The molecule has 1 saturated carbocycles. The first-order valence-corrected chi connectivity index (χ1v) is 13.7. The zero-order valence-electron chi connectivity index (χ0n) is 20.7. The number of rotatable bonds is 4. The Kier molecular flexibility index (Phi) is 8.59. The lowest BCUT2D eigenvalue weighted by Crippen LogP contribution is -2.48. The van der Waals surface area contributed by atoms with E-state index in [-0.39, 0.29) is 49.5 Å². The summed E-state index contributed by atoms with van der Waals surface area (Å²) in [4.78, 5) is 27.5. The van der Waals surface area contributed by atoms with Gasteiger partial charge in [0.05, 0.1) is 24.0 Å². The number of amides is 2. The Morgan fingerprint density at radius 2 is 1.85 bits per heavy atom. The Balaban J connectivity index is 1.93. The minimum atomic E-state index is -3.49. The molecule has 0 bridgehead atoms. The van der Waals surface area contributed by atoms with Crippen LogP contribution in [0, 0.1) is 11.8 Å². The summed E-state index contributed by atoms with van der Waals surface area (Å²) in [6.07, 6.45) is 4.70. The second-order valence-electron chi connectivity index (χ2n) is 9.61. The fourth-order valence-electron chi connectivity index (χ4n) is 4.72. The highest BCUT2D eigenvalue weighted by Crippen LogP contribution is 2.29. The molecule has 1 aliphatic heterocycles. The third-order valence-electron chi connectivity index (χ3n) is 6.81. The second-order valence-corrected chi connectivity index (χ2v) is 11.5. The fourth-order valence-corrected chi connectivity index (χ4v) is 5.94. The summed E-state index contributed by atoms with van der Waals surface area (Å²) < 4.78 is 38.0. The summed E-state index contributed by atoms with van der Waals surface area (Å²) in [6, 6.07) is 4.56. The molecule has 1 fully saturated rings. The van der Waals surface area contributed by atoms with Crippen LogP contribution in [0.4, 0.5) is 5.69 Å². The van der Waals surface area contributed by atoms with Crippen molar-refractivity contribution in [2.24, 2.45) is 11.8 Å². The minimum Gasteiger partial charge on any atom is -0.491 e. The normalized spacial score (nSPS) is 25.7. The van der Waals surface area contributed by atoms with Crippen LogP contribution in [-0.4, -0.2) is 81.7 Å². The fraction of sp³-hybridized carbons (Fsp3) is 0.667. The molecule has 10 heteroatoms. The smallest absolute Gasteiger partial charge is 0.257 e. The quantitative estimate of drug-likeness (QED) is 0.688. The topological polar surface area (TPSA) is 105 Å². The third-order valence-corrected chi connectivity index (χ3v) is 8.17. The van der Waals surface area contributed by atoms with E-state index in [2.05, 4.69) is 5.32 Å². The van der Waals surface area contributed by atoms with Crippen molar-refractivity contribution in [1.29, 1.82) is 0 Å². The van der Waals surface area contributed by atoms with Gasteiger partial charge in [-0.2, -0.15) is 4.31 Å². The third kappa shape index (κ3) is 6.28. The van der Waals surface area contributed by atoms with Crippen LogP contribution >= 0.6 is 0 Å². The van der Waals surface area contributed by atoms with Gasteiger partial charge < -0.3 is 19.7 Å². The van der Waals surface area contributed by atoms with Crippen molar-refractivity contribution >= 4 is 27.5 Å². The van der Waals surface area contributed by atoms with Gasteiger partial charge in [0.25, 0.3) is 5.91 Å². The van der Waals surface area contributed by atoms with Crippen LogP contribution in [-0.2, 0) is 19.6 Å². The Hall–Kier alpha value is -2.17. The maximum atomic E-state index is 13.4. The number of hydrogen-bond donors (Lipinski definition) is 1. The number of nitrogens with one attached hydrogen (secondary N) is 1. The van der Waals surface area contributed by atoms with E-state index < -0.39 is 16.1 Å². The van der Waals surface area contributed by atoms with Gasteiger partial charge in [0, 0.05) is 38.9 Å². The average molecular weight is 496 g/mol. The van der Waals surface area contributed by atoms with Crippen molar-refractivity contribution in [3.63, 3.8) is 0 Å². The molecular weight excluding hydrogens is 458 g/mol. The predicted octanol–water partition coefficient (Wildman–Crippen LogP) is 2.58. The molecule has 3 rings (SSSR count). The molecule has 0 spiro atoms. The molecular formula is C24H37N3O6S. The van der Waals surface area contributed by atoms with Crippen molar-refractivity contribution in [2.75, 3.05) is 45.4 Å². The van der Waals surface area contributed by atoms with E-state index in [1.807, 2.05) is 6.92 Å². The first kappa shape index (κ1) is 26.4. The van der Waals surface area contributed by atoms with E-state index >= 15 is 0 Å². The largest absolute Gasteiger partial charge is 0.491 e. The highest BCUT2D eigenvalue weighted by atomic mass is 32.2. The number of anilines is 1. The van der Waals surface area contributed by atoms with Crippen LogP contribution in [0.3, 0.4) is 0 Å². The number of fused-ring (bicyclic) bond motifs is 1. The van der Waals surface area contributed by atoms with Gasteiger partial charge in [0.1, 0.15) is 12.4 Å². The number of nitrogens with zero attached hydrogens (tertiary/aromatic N) is 2. The van der Waals surface area contributed by atoms with Crippen molar-refractivity contribution in [1.82, 2.24) is 9.21 Å². The number of hydrogen-bond acceptors (Lipinski definition) is 6. The maximum absolute atomic E-state index is 13.4. The van der Waals surface area contributed by atoms with E-state index in [4.69, 9.17) is 9.47 Å². The van der Waals surface area contributed by atoms with Gasteiger partial charge >= 0.3 is 0 Å². The summed E-state index contributed by atoms with van der Waals surface area (Å²) in [5.41, 5.74) is 0.850. The van der Waals surface area contributed by atoms with Gasteiger partial charge in [0.15, 0.2) is 0 Å². The number of methoxy groups -OCH3 is 1. The molecule has 1 N–H and O–H groups in total. The standard InChI is InChI=1S/C24H37N3O6S/c1-16-13-27(34(5,30)31)17(2)15-33-21-11-10-19(25-23(28)18-8-6-7-9-18)12-20(21)24(29)26(3)14-22(16)32-4/h10-12,16-18,22H,6-9,13-15H2,1-5H3,(H,25,28)/t16-,17+,22+/m1/s1. The molecule has 1 aromatic rings. The molecule has 1 aromatic carbocycles. The molecule has 0 aromatic heterocycles. The number of likely N-dealkylation sites (N-methyl/N-ethyl adjacent to an activating group) is 1. The van der Waals surface area contributed by atoms with Crippen molar-refractivity contribution < 1.29 is 27.5 Å². The molecule has 0 radical (unpaired) electrons. The van der Waals surface area contributed by atoms with E-state index in [1.54, 1.807) is 44.2 Å². The van der Waals surface area contributed by atoms with E-state index in [9.17, 15) is 18.0 Å². The first-order valence-electron chi connectivity index (χ1n) is 11.8. The zero-order chi connectivity index (χ0) is 25.0. The van der Waals surface area contributed by atoms with E-state index in [0.717, 1.165) is 25.7 Å². The predicted molar refractivity (Wildman–Crippen MR) is 130 cm³/mol. The highest BCUT2D eigenvalue weighted by Gasteiger charge is 2.32. The van der Waals surface area contributed by atoms with Crippen molar-refractivity contribution in [3.8, 4) is 5.75 Å². The van der Waals surface area contributed by atoms with Crippen LogP contribution < -0.4 is 10.1 Å². The lowest BCUT2D eigenvalue weighted by atomic mass is 10.0. The highest BCUT2D eigenvalue weighted by molar-refractivity contribution is 7.88. The maximum Gasteiger partial charge on any atom is 0.257 e. The SMILES string of the molecule is CO[C@H]1CN(C)C(=O)c2cc(NC(=O)C3CCCC3)ccc2OC[C@H](C)N(S(C)(=O)=O)C[C@H]1C. The molecule has 2 aliphatic rings. The van der Waals surface area contributed by atoms with Crippen LogP contribution in [0.1, 0.15) is 49.9 Å². The summed E-state index contributed by atoms with van der Waals surface area (Å²) >= 11 is 0. The number of carbonyl (C=O) groups is 2. The molecule has 2 amide bonds. The van der Waals surface area contributed by atoms with E-state index in [0.29, 0.717) is 17.0 Å². The summed E-state index contributed by atoms with van der Waals surface area (Å²) in [7, 11) is -0.248. The van der Waals surface area contributed by atoms with Crippen LogP contribution in [0.5, 0.6) is 5.75 Å². The Morgan fingerprint density at radius 3 is 2.47 bits per heavy atom.